The number of carbonyl (C=O) groups excluding carboxylic acids is 1. The molecule has 1 aliphatic rings. The molecule has 0 radical (unpaired) electrons. The fourth-order valence-corrected chi connectivity index (χ4v) is 2.16. The van der Waals surface area contributed by atoms with Crippen LogP contribution in [-0.4, -0.2) is 19.1 Å². The van der Waals surface area contributed by atoms with E-state index in [1.54, 1.807) is 0 Å². The van der Waals surface area contributed by atoms with Crippen molar-refractivity contribution in [3.05, 3.63) is 35.4 Å². The Morgan fingerprint density at radius 1 is 1.33 bits per heavy atom. The first-order chi connectivity index (χ1) is 8.79. The van der Waals surface area contributed by atoms with Gasteiger partial charge in [-0.25, -0.2) is 0 Å². The minimum absolute atomic E-state index is 0.108. The van der Waals surface area contributed by atoms with E-state index >= 15 is 0 Å². The van der Waals surface area contributed by atoms with Crippen molar-refractivity contribution in [2.24, 2.45) is 11.7 Å². The highest BCUT2D eigenvalue weighted by Crippen LogP contribution is 2.14. The number of nitrogens with two attached hydrogens (primary N) is 1. The molecule has 4 heteroatoms. The van der Waals surface area contributed by atoms with Crippen LogP contribution in [0.3, 0.4) is 0 Å². The Kier molecular flexibility index (Phi) is 4.73. The molecule has 1 fully saturated rings. The predicted molar refractivity (Wildman–Crippen MR) is 69.7 cm³/mol. The first-order valence-corrected chi connectivity index (χ1v) is 6.43. The standard InChI is InChI=1S/C14H20N2O2/c15-9-11-2-1-3-12(8-11)10-16-14(17)13-4-6-18-7-5-13/h1-3,8,13H,4-7,9-10,15H2,(H,16,17). The van der Waals surface area contributed by atoms with Gasteiger partial charge in [-0.05, 0) is 24.0 Å². The van der Waals surface area contributed by atoms with Crippen LogP contribution in [0, 0.1) is 5.92 Å². The van der Waals surface area contributed by atoms with E-state index in [2.05, 4.69) is 5.32 Å². The van der Waals surface area contributed by atoms with E-state index in [-0.39, 0.29) is 11.8 Å². The van der Waals surface area contributed by atoms with Crippen LogP contribution in [0.2, 0.25) is 0 Å². The lowest BCUT2D eigenvalue weighted by molar-refractivity contribution is -0.128. The molecule has 1 aromatic carbocycles. The molecule has 0 unspecified atom stereocenters. The second kappa shape index (κ2) is 6.52. The highest BCUT2D eigenvalue weighted by molar-refractivity contribution is 5.78. The zero-order valence-corrected chi connectivity index (χ0v) is 10.5. The largest absolute Gasteiger partial charge is 0.381 e. The van der Waals surface area contributed by atoms with E-state index < -0.39 is 0 Å². The lowest BCUT2D eigenvalue weighted by Crippen LogP contribution is -2.33. The maximum Gasteiger partial charge on any atom is 0.223 e. The van der Waals surface area contributed by atoms with Crippen LogP contribution in [0.5, 0.6) is 0 Å². The molecule has 2 rings (SSSR count). The molecule has 1 saturated heterocycles. The van der Waals surface area contributed by atoms with Crippen LogP contribution >= 0.6 is 0 Å². The van der Waals surface area contributed by atoms with Gasteiger partial charge in [-0.2, -0.15) is 0 Å². The van der Waals surface area contributed by atoms with E-state index in [9.17, 15) is 4.79 Å². The minimum Gasteiger partial charge on any atom is -0.381 e. The molecule has 0 aliphatic carbocycles. The lowest BCUT2D eigenvalue weighted by atomic mass is 9.99. The fourth-order valence-electron chi connectivity index (χ4n) is 2.16. The summed E-state index contributed by atoms with van der Waals surface area (Å²) >= 11 is 0. The van der Waals surface area contributed by atoms with Gasteiger partial charge in [0.25, 0.3) is 0 Å². The number of benzene rings is 1. The summed E-state index contributed by atoms with van der Waals surface area (Å²) in [6, 6.07) is 8.00. The van der Waals surface area contributed by atoms with Crippen LogP contribution in [0.1, 0.15) is 24.0 Å². The van der Waals surface area contributed by atoms with Gasteiger partial charge >= 0.3 is 0 Å². The second-order valence-corrected chi connectivity index (χ2v) is 4.63. The molecule has 1 amide bonds. The van der Waals surface area contributed by atoms with Gasteiger partial charge < -0.3 is 15.8 Å². The van der Waals surface area contributed by atoms with Crippen molar-refractivity contribution in [3.63, 3.8) is 0 Å². The van der Waals surface area contributed by atoms with Gasteiger partial charge in [0.05, 0.1) is 0 Å². The molecule has 1 aliphatic heterocycles. The average Bonchev–Trinajstić information content (AvgIpc) is 2.46. The monoisotopic (exact) mass is 248 g/mol. The Bertz CT molecular complexity index is 401. The summed E-state index contributed by atoms with van der Waals surface area (Å²) in [5, 5.41) is 2.98. The van der Waals surface area contributed by atoms with Gasteiger partial charge in [0.1, 0.15) is 0 Å². The molecule has 3 N–H and O–H groups in total. The number of rotatable bonds is 4. The molecule has 0 aromatic heterocycles. The Balaban J connectivity index is 1.84. The van der Waals surface area contributed by atoms with Gasteiger partial charge in [0.2, 0.25) is 5.91 Å². The van der Waals surface area contributed by atoms with Gasteiger partial charge in [0.15, 0.2) is 0 Å². The molecule has 0 spiro atoms. The Labute approximate surface area is 108 Å². The van der Waals surface area contributed by atoms with Crippen LogP contribution in [0.15, 0.2) is 24.3 Å². The summed E-state index contributed by atoms with van der Waals surface area (Å²) in [7, 11) is 0. The van der Waals surface area contributed by atoms with Crippen LogP contribution in [-0.2, 0) is 22.6 Å². The third kappa shape index (κ3) is 3.55. The van der Waals surface area contributed by atoms with Crippen molar-refractivity contribution in [1.82, 2.24) is 5.32 Å². The topological polar surface area (TPSA) is 64.3 Å². The van der Waals surface area contributed by atoms with E-state index in [0.29, 0.717) is 26.3 Å². The highest BCUT2D eigenvalue weighted by atomic mass is 16.5. The quantitative estimate of drug-likeness (QED) is 0.841. The minimum atomic E-state index is 0.108. The zero-order valence-electron chi connectivity index (χ0n) is 10.5. The number of amides is 1. The molecule has 1 aromatic rings. The smallest absolute Gasteiger partial charge is 0.223 e. The first kappa shape index (κ1) is 13.1. The van der Waals surface area contributed by atoms with Gasteiger partial charge in [-0.1, -0.05) is 24.3 Å². The fraction of sp³-hybridized carbons (Fsp3) is 0.500. The van der Waals surface area contributed by atoms with Gasteiger partial charge in [-0.3, -0.25) is 4.79 Å². The molecule has 0 atom stereocenters. The van der Waals surface area contributed by atoms with Crippen LogP contribution < -0.4 is 11.1 Å². The molecule has 4 nitrogen and oxygen atoms in total. The summed E-state index contributed by atoms with van der Waals surface area (Å²) < 4.78 is 5.25. The van der Waals surface area contributed by atoms with Gasteiger partial charge in [0, 0.05) is 32.2 Å². The number of carbonyl (C=O) groups is 1. The molecular formula is C14H20N2O2. The van der Waals surface area contributed by atoms with Crippen molar-refractivity contribution < 1.29 is 9.53 Å². The predicted octanol–water partition coefficient (Wildman–Crippen LogP) is 1.19. The van der Waals surface area contributed by atoms with E-state index in [4.69, 9.17) is 10.5 Å². The zero-order chi connectivity index (χ0) is 12.8. The average molecular weight is 248 g/mol. The molecule has 18 heavy (non-hydrogen) atoms. The van der Waals surface area contributed by atoms with E-state index in [1.165, 1.54) is 0 Å². The van der Waals surface area contributed by atoms with Crippen molar-refractivity contribution in [2.75, 3.05) is 13.2 Å². The number of hydrogen-bond donors (Lipinski definition) is 2. The van der Waals surface area contributed by atoms with Crippen molar-refractivity contribution in [2.45, 2.75) is 25.9 Å². The Morgan fingerprint density at radius 2 is 2.06 bits per heavy atom. The summed E-state index contributed by atoms with van der Waals surface area (Å²) in [6.07, 6.45) is 1.66. The van der Waals surface area contributed by atoms with Crippen molar-refractivity contribution >= 4 is 5.91 Å². The summed E-state index contributed by atoms with van der Waals surface area (Å²) in [5.41, 5.74) is 7.78. The summed E-state index contributed by atoms with van der Waals surface area (Å²) in [5.74, 6) is 0.243. The second-order valence-electron chi connectivity index (χ2n) is 4.63. The highest BCUT2D eigenvalue weighted by Gasteiger charge is 2.20. The summed E-state index contributed by atoms with van der Waals surface area (Å²) in [6.45, 7) is 2.49. The molecule has 0 saturated carbocycles. The molecule has 0 bridgehead atoms. The Morgan fingerprint density at radius 3 is 2.78 bits per heavy atom. The van der Waals surface area contributed by atoms with Crippen LogP contribution in [0.4, 0.5) is 0 Å². The summed E-state index contributed by atoms with van der Waals surface area (Å²) in [4.78, 5) is 11.9. The first-order valence-electron chi connectivity index (χ1n) is 6.43. The van der Waals surface area contributed by atoms with E-state index in [0.717, 1.165) is 24.0 Å². The molecule has 98 valence electrons. The maximum atomic E-state index is 11.9. The van der Waals surface area contributed by atoms with Crippen LogP contribution in [0.25, 0.3) is 0 Å². The number of hydrogen-bond acceptors (Lipinski definition) is 3. The van der Waals surface area contributed by atoms with E-state index in [1.807, 2.05) is 24.3 Å². The SMILES string of the molecule is NCc1cccc(CNC(=O)C2CCOCC2)c1. The Hall–Kier alpha value is -1.39. The third-order valence-electron chi connectivity index (χ3n) is 3.29. The van der Waals surface area contributed by atoms with Crippen molar-refractivity contribution in [1.29, 1.82) is 0 Å². The van der Waals surface area contributed by atoms with Gasteiger partial charge in [-0.15, -0.1) is 0 Å². The molecular weight excluding hydrogens is 228 g/mol. The van der Waals surface area contributed by atoms with Crippen molar-refractivity contribution in [3.8, 4) is 0 Å². The normalized spacial score (nSPS) is 16.5. The lowest BCUT2D eigenvalue weighted by Gasteiger charge is -2.21. The molecule has 1 heterocycles. The third-order valence-corrected chi connectivity index (χ3v) is 3.29. The number of nitrogens with one attached hydrogen (secondary N) is 1. The number of ether oxygens (including phenoxy) is 1. The maximum absolute atomic E-state index is 11.9.